The van der Waals surface area contributed by atoms with E-state index in [0.717, 1.165) is 16.5 Å². The Balaban J connectivity index is 2.01. The van der Waals surface area contributed by atoms with Crippen LogP contribution in [0, 0.1) is 0 Å². The zero-order chi connectivity index (χ0) is 12.4. The van der Waals surface area contributed by atoms with Crippen LogP contribution in [-0.4, -0.2) is 14.8 Å². The van der Waals surface area contributed by atoms with E-state index in [1.807, 2.05) is 47.3 Å². The first-order valence-electron chi connectivity index (χ1n) is 5.69. The molecule has 3 N–H and O–H groups in total. The van der Waals surface area contributed by atoms with Gasteiger partial charge in [-0.05, 0) is 12.1 Å². The molecule has 0 spiro atoms. The van der Waals surface area contributed by atoms with Crippen molar-refractivity contribution in [2.75, 3.05) is 5.43 Å². The fourth-order valence-corrected chi connectivity index (χ4v) is 2.01. The number of rotatable bonds is 3. The van der Waals surface area contributed by atoms with Gasteiger partial charge in [0, 0.05) is 17.1 Å². The van der Waals surface area contributed by atoms with Crippen molar-refractivity contribution in [1.29, 1.82) is 0 Å². The van der Waals surface area contributed by atoms with Crippen LogP contribution in [0.1, 0.15) is 5.56 Å². The van der Waals surface area contributed by atoms with E-state index in [2.05, 4.69) is 15.5 Å². The molecule has 0 aliphatic heterocycles. The normalized spacial score (nSPS) is 10.7. The summed E-state index contributed by atoms with van der Waals surface area (Å²) in [7, 11) is 0. The third kappa shape index (κ3) is 1.80. The van der Waals surface area contributed by atoms with Gasteiger partial charge in [0.2, 0.25) is 0 Å². The first-order valence-corrected chi connectivity index (χ1v) is 5.69. The Kier molecular flexibility index (Phi) is 2.66. The fraction of sp³-hybridized carbons (Fsp3) is 0.0769. The maximum absolute atomic E-state index is 5.45. The third-order valence-electron chi connectivity index (χ3n) is 2.90. The smallest absolute Gasteiger partial charge is 0.144 e. The van der Waals surface area contributed by atoms with Crippen LogP contribution in [-0.2, 0) is 6.54 Å². The van der Waals surface area contributed by atoms with Gasteiger partial charge >= 0.3 is 0 Å². The van der Waals surface area contributed by atoms with E-state index in [1.54, 1.807) is 6.20 Å². The second-order valence-corrected chi connectivity index (χ2v) is 4.02. The third-order valence-corrected chi connectivity index (χ3v) is 2.90. The van der Waals surface area contributed by atoms with Gasteiger partial charge in [0.15, 0.2) is 0 Å². The Hall–Kier alpha value is -2.40. The summed E-state index contributed by atoms with van der Waals surface area (Å²) < 4.78 is 1.94. The number of nitrogens with one attached hydrogen (secondary N) is 1. The lowest BCUT2D eigenvalue weighted by atomic mass is 10.2. The summed E-state index contributed by atoms with van der Waals surface area (Å²) in [5.74, 6) is 6.13. The van der Waals surface area contributed by atoms with Crippen molar-refractivity contribution in [3.8, 4) is 0 Å². The Morgan fingerprint density at radius 3 is 2.94 bits per heavy atom. The minimum absolute atomic E-state index is 0.640. The Labute approximate surface area is 104 Å². The van der Waals surface area contributed by atoms with Crippen molar-refractivity contribution in [3.05, 3.63) is 54.4 Å². The van der Waals surface area contributed by atoms with Crippen LogP contribution >= 0.6 is 0 Å². The van der Waals surface area contributed by atoms with Crippen molar-refractivity contribution in [2.45, 2.75) is 6.54 Å². The number of benzene rings is 1. The Morgan fingerprint density at radius 1 is 1.17 bits per heavy atom. The maximum atomic E-state index is 5.45. The molecule has 0 saturated heterocycles. The highest BCUT2D eigenvalue weighted by Gasteiger charge is 2.06. The van der Waals surface area contributed by atoms with Crippen LogP contribution in [0.25, 0.3) is 10.9 Å². The minimum atomic E-state index is 0.640. The first-order chi connectivity index (χ1) is 8.88. The second kappa shape index (κ2) is 4.46. The largest absolute Gasteiger partial charge is 0.308 e. The summed E-state index contributed by atoms with van der Waals surface area (Å²) in [5.41, 5.74) is 4.71. The Bertz CT molecular complexity index is 674. The number of nitrogens with two attached hydrogens (primary N) is 1. The molecule has 5 heteroatoms. The summed E-state index contributed by atoms with van der Waals surface area (Å²) in [6, 6.07) is 12.0. The highest BCUT2D eigenvalue weighted by Crippen LogP contribution is 2.17. The summed E-state index contributed by atoms with van der Waals surface area (Å²) in [5, 5.41) is 5.51. The molecule has 0 fully saturated rings. The van der Waals surface area contributed by atoms with Crippen LogP contribution in [0.15, 0.2) is 48.8 Å². The predicted octanol–water partition coefficient (Wildman–Crippen LogP) is 1.77. The average molecular weight is 239 g/mol. The molecule has 0 saturated carbocycles. The van der Waals surface area contributed by atoms with Gasteiger partial charge in [-0.1, -0.05) is 24.3 Å². The number of hydrogen-bond acceptors (Lipinski definition) is 4. The van der Waals surface area contributed by atoms with Gasteiger partial charge < -0.3 is 5.43 Å². The maximum Gasteiger partial charge on any atom is 0.144 e. The molecule has 90 valence electrons. The average Bonchev–Trinajstić information content (AvgIpc) is 2.83. The molecular formula is C13H13N5. The van der Waals surface area contributed by atoms with Crippen molar-refractivity contribution in [3.63, 3.8) is 0 Å². The summed E-state index contributed by atoms with van der Waals surface area (Å²) in [6.07, 6.45) is 3.57. The second-order valence-electron chi connectivity index (χ2n) is 4.02. The number of nitrogen functional groups attached to an aromatic ring is 1. The van der Waals surface area contributed by atoms with Gasteiger partial charge in [-0.2, -0.15) is 5.10 Å². The molecule has 3 rings (SSSR count). The summed E-state index contributed by atoms with van der Waals surface area (Å²) in [6.45, 7) is 0.640. The van der Waals surface area contributed by atoms with Crippen LogP contribution in [0.2, 0.25) is 0 Å². The van der Waals surface area contributed by atoms with Gasteiger partial charge in [-0.3, -0.25) is 4.68 Å². The monoisotopic (exact) mass is 239 g/mol. The minimum Gasteiger partial charge on any atom is -0.308 e. The van der Waals surface area contributed by atoms with Crippen LogP contribution in [0.3, 0.4) is 0 Å². The first kappa shape index (κ1) is 10.7. The molecule has 0 radical (unpaired) electrons. The highest BCUT2D eigenvalue weighted by atomic mass is 15.3. The van der Waals surface area contributed by atoms with E-state index in [-0.39, 0.29) is 0 Å². The van der Waals surface area contributed by atoms with E-state index in [4.69, 9.17) is 5.84 Å². The summed E-state index contributed by atoms with van der Waals surface area (Å²) >= 11 is 0. The quantitative estimate of drug-likeness (QED) is 0.540. The predicted molar refractivity (Wildman–Crippen MR) is 70.9 cm³/mol. The number of para-hydroxylation sites is 1. The lowest BCUT2D eigenvalue weighted by Crippen LogP contribution is -2.13. The standard InChI is InChI=1S/C13H13N5/c14-17-13-11(5-3-7-15-13)9-18-12-6-2-1-4-10(12)8-16-18/h1-8H,9,14H2,(H,15,17). The molecule has 0 unspecified atom stereocenters. The van der Waals surface area contributed by atoms with Gasteiger partial charge in [0.05, 0.1) is 18.3 Å². The molecule has 5 nitrogen and oxygen atoms in total. The molecule has 1 aromatic carbocycles. The number of pyridine rings is 1. The van der Waals surface area contributed by atoms with Crippen molar-refractivity contribution >= 4 is 16.7 Å². The molecular weight excluding hydrogens is 226 g/mol. The SMILES string of the molecule is NNc1ncccc1Cn1ncc2ccccc21. The van der Waals surface area contributed by atoms with Crippen LogP contribution < -0.4 is 11.3 Å². The Morgan fingerprint density at radius 2 is 2.06 bits per heavy atom. The fourth-order valence-electron chi connectivity index (χ4n) is 2.01. The van der Waals surface area contributed by atoms with Crippen molar-refractivity contribution in [1.82, 2.24) is 14.8 Å². The molecule has 0 aliphatic carbocycles. The molecule has 2 heterocycles. The number of anilines is 1. The van der Waals surface area contributed by atoms with E-state index >= 15 is 0 Å². The van der Waals surface area contributed by atoms with E-state index in [9.17, 15) is 0 Å². The number of nitrogens with zero attached hydrogens (tertiary/aromatic N) is 3. The lowest BCUT2D eigenvalue weighted by Gasteiger charge is -2.08. The van der Waals surface area contributed by atoms with Crippen molar-refractivity contribution < 1.29 is 0 Å². The van der Waals surface area contributed by atoms with Crippen LogP contribution in [0.4, 0.5) is 5.82 Å². The topological polar surface area (TPSA) is 68.8 Å². The van der Waals surface area contributed by atoms with Gasteiger partial charge in [-0.25, -0.2) is 10.8 Å². The summed E-state index contributed by atoms with van der Waals surface area (Å²) in [4.78, 5) is 4.18. The molecule has 0 atom stereocenters. The number of hydrogen-bond donors (Lipinski definition) is 2. The van der Waals surface area contributed by atoms with Crippen molar-refractivity contribution in [2.24, 2.45) is 5.84 Å². The molecule has 0 amide bonds. The van der Waals surface area contributed by atoms with E-state index in [0.29, 0.717) is 12.4 Å². The molecule has 2 aromatic heterocycles. The van der Waals surface area contributed by atoms with Gasteiger partial charge in [-0.15, -0.1) is 0 Å². The molecule has 3 aromatic rings. The van der Waals surface area contributed by atoms with Gasteiger partial charge in [0.1, 0.15) is 5.82 Å². The highest BCUT2D eigenvalue weighted by molar-refractivity contribution is 5.78. The zero-order valence-electron chi connectivity index (χ0n) is 9.74. The van der Waals surface area contributed by atoms with Gasteiger partial charge in [0.25, 0.3) is 0 Å². The lowest BCUT2D eigenvalue weighted by molar-refractivity contribution is 0.710. The van der Waals surface area contributed by atoms with E-state index < -0.39 is 0 Å². The molecule has 0 aliphatic rings. The molecule has 0 bridgehead atoms. The zero-order valence-corrected chi connectivity index (χ0v) is 9.74. The molecule has 18 heavy (non-hydrogen) atoms. The number of fused-ring (bicyclic) bond motifs is 1. The number of hydrazine groups is 1. The van der Waals surface area contributed by atoms with E-state index in [1.165, 1.54) is 0 Å². The number of aromatic nitrogens is 3. The van der Waals surface area contributed by atoms with Crippen LogP contribution in [0.5, 0.6) is 0 Å².